The SMILES string of the molecule is COC(=O)c1ccc2c(c1)CCN2C(=O)CCc1ncc(-c2ccccc2F)o1. The van der Waals surface area contributed by atoms with Gasteiger partial charge in [-0.2, -0.15) is 0 Å². The summed E-state index contributed by atoms with van der Waals surface area (Å²) in [4.78, 5) is 30.2. The zero-order valence-corrected chi connectivity index (χ0v) is 15.9. The maximum atomic E-state index is 13.9. The Labute approximate surface area is 166 Å². The second kappa shape index (κ2) is 7.87. The van der Waals surface area contributed by atoms with Crippen molar-refractivity contribution in [3.63, 3.8) is 0 Å². The van der Waals surface area contributed by atoms with E-state index in [1.54, 1.807) is 41.3 Å². The van der Waals surface area contributed by atoms with Crippen molar-refractivity contribution < 1.29 is 23.1 Å². The Hall–Kier alpha value is -3.48. The van der Waals surface area contributed by atoms with Crippen molar-refractivity contribution in [1.82, 2.24) is 4.98 Å². The van der Waals surface area contributed by atoms with Gasteiger partial charge in [-0.25, -0.2) is 14.2 Å². The number of methoxy groups -OCH3 is 1. The smallest absolute Gasteiger partial charge is 0.337 e. The zero-order valence-electron chi connectivity index (χ0n) is 15.9. The molecule has 6 nitrogen and oxygen atoms in total. The van der Waals surface area contributed by atoms with Gasteiger partial charge in [-0.15, -0.1) is 0 Å². The zero-order chi connectivity index (χ0) is 20.4. The number of carbonyl (C=O) groups excluding carboxylic acids is 2. The van der Waals surface area contributed by atoms with Gasteiger partial charge in [0.05, 0.1) is 24.4 Å². The molecule has 1 amide bonds. The largest absolute Gasteiger partial charge is 0.465 e. The summed E-state index contributed by atoms with van der Waals surface area (Å²) in [7, 11) is 1.34. The van der Waals surface area contributed by atoms with Gasteiger partial charge in [0.2, 0.25) is 5.91 Å². The number of nitrogens with zero attached hydrogens (tertiary/aromatic N) is 2. The Balaban J connectivity index is 1.42. The minimum absolute atomic E-state index is 0.0554. The molecule has 7 heteroatoms. The highest BCUT2D eigenvalue weighted by atomic mass is 19.1. The van der Waals surface area contributed by atoms with E-state index in [2.05, 4.69) is 4.98 Å². The third kappa shape index (κ3) is 3.76. The van der Waals surface area contributed by atoms with E-state index in [9.17, 15) is 14.0 Å². The molecule has 0 N–H and O–H groups in total. The topological polar surface area (TPSA) is 72.6 Å². The molecule has 0 spiro atoms. The lowest BCUT2D eigenvalue weighted by Gasteiger charge is -2.17. The minimum Gasteiger partial charge on any atom is -0.465 e. The predicted octanol–water partition coefficient (Wildman–Crippen LogP) is 3.79. The molecule has 1 aliphatic heterocycles. The van der Waals surface area contributed by atoms with E-state index in [4.69, 9.17) is 9.15 Å². The molecule has 1 aliphatic rings. The lowest BCUT2D eigenvalue weighted by molar-refractivity contribution is -0.118. The van der Waals surface area contributed by atoms with Crippen molar-refractivity contribution in [2.45, 2.75) is 19.3 Å². The maximum Gasteiger partial charge on any atom is 0.337 e. The minimum atomic E-state index is -0.396. The van der Waals surface area contributed by atoms with Gasteiger partial charge in [0.15, 0.2) is 11.7 Å². The summed E-state index contributed by atoms with van der Waals surface area (Å²) in [6, 6.07) is 11.5. The molecule has 2 aromatic carbocycles. The number of halogens is 1. The van der Waals surface area contributed by atoms with Crippen LogP contribution in [0.4, 0.5) is 10.1 Å². The monoisotopic (exact) mass is 394 g/mol. The quantitative estimate of drug-likeness (QED) is 0.616. The molecule has 0 unspecified atom stereocenters. The number of anilines is 1. The average molecular weight is 394 g/mol. The van der Waals surface area contributed by atoms with E-state index in [0.29, 0.717) is 42.2 Å². The summed E-state index contributed by atoms with van der Waals surface area (Å²) in [5.41, 5.74) is 2.56. The molecule has 1 aromatic heterocycles. The average Bonchev–Trinajstić information content (AvgIpc) is 3.38. The van der Waals surface area contributed by atoms with Crippen LogP contribution in [0.1, 0.15) is 28.2 Å². The number of carbonyl (C=O) groups is 2. The molecule has 3 aromatic rings. The van der Waals surface area contributed by atoms with E-state index < -0.39 is 5.97 Å². The van der Waals surface area contributed by atoms with Gasteiger partial charge in [0.1, 0.15) is 5.82 Å². The molecule has 0 aliphatic carbocycles. The van der Waals surface area contributed by atoms with E-state index in [1.807, 2.05) is 0 Å². The van der Waals surface area contributed by atoms with Crippen LogP contribution in [-0.2, 0) is 22.4 Å². The number of esters is 1. The third-order valence-electron chi connectivity index (χ3n) is 4.94. The molecule has 0 saturated heterocycles. The van der Waals surface area contributed by atoms with Crippen LogP contribution in [-0.4, -0.2) is 30.5 Å². The van der Waals surface area contributed by atoms with Gasteiger partial charge in [-0.3, -0.25) is 4.79 Å². The standard InChI is InChI=1S/C22H19FN2O4/c1-28-22(27)15-6-7-18-14(12-15)10-11-25(18)21(26)9-8-20-24-13-19(29-20)16-4-2-3-5-17(16)23/h2-7,12-13H,8-11H2,1H3. The molecule has 0 fully saturated rings. The van der Waals surface area contributed by atoms with E-state index >= 15 is 0 Å². The molecular weight excluding hydrogens is 375 g/mol. The van der Waals surface area contributed by atoms with E-state index in [0.717, 1.165) is 11.3 Å². The molecule has 148 valence electrons. The van der Waals surface area contributed by atoms with Crippen LogP contribution in [0.2, 0.25) is 0 Å². The second-order valence-electron chi connectivity index (χ2n) is 6.73. The van der Waals surface area contributed by atoms with Crippen molar-refractivity contribution in [3.8, 4) is 11.3 Å². The summed E-state index contributed by atoms with van der Waals surface area (Å²) in [6.45, 7) is 0.560. The highest BCUT2D eigenvalue weighted by Crippen LogP contribution is 2.30. The van der Waals surface area contributed by atoms with Gasteiger partial charge in [0.25, 0.3) is 0 Å². The number of rotatable bonds is 5. The van der Waals surface area contributed by atoms with Crippen LogP contribution in [0.3, 0.4) is 0 Å². The van der Waals surface area contributed by atoms with Crippen molar-refractivity contribution >= 4 is 17.6 Å². The number of hydrogen-bond acceptors (Lipinski definition) is 5. The Morgan fingerprint density at radius 3 is 2.86 bits per heavy atom. The first-order chi connectivity index (χ1) is 14.1. The van der Waals surface area contributed by atoms with Crippen LogP contribution in [0.5, 0.6) is 0 Å². The molecule has 4 rings (SSSR count). The Morgan fingerprint density at radius 1 is 1.24 bits per heavy atom. The lowest BCUT2D eigenvalue weighted by Crippen LogP contribution is -2.29. The van der Waals surface area contributed by atoms with Gasteiger partial charge in [-0.1, -0.05) is 12.1 Å². The molecule has 0 bridgehead atoms. The number of benzene rings is 2. The molecule has 29 heavy (non-hydrogen) atoms. The summed E-state index contributed by atoms with van der Waals surface area (Å²) >= 11 is 0. The maximum absolute atomic E-state index is 13.9. The van der Waals surface area contributed by atoms with Gasteiger partial charge < -0.3 is 14.1 Å². The lowest BCUT2D eigenvalue weighted by atomic mass is 10.1. The fourth-order valence-electron chi connectivity index (χ4n) is 3.47. The van der Waals surface area contributed by atoms with Crippen LogP contribution < -0.4 is 4.90 Å². The van der Waals surface area contributed by atoms with Gasteiger partial charge >= 0.3 is 5.97 Å². The number of aryl methyl sites for hydroxylation is 1. The van der Waals surface area contributed by atoms with Crippen LogP contribution in [0.25, 0.3) is 11.3 Å². The number of oxazole rings is 1. The molecule has 2 heterocycles. The number of ether oxygens (including phenoxy) is 1. The highest BCUT2D eigenvalue weighted by molar-refractivity contribution is 5.97. The van der Waals surface area contributed by atoms with Crippen LogP contribution in [0.15, 0.2) is 53.1 Å². The Bertz CT molecular complexity index is 1080. The second-order valence-corrected chi connectivity index (χ2v) is 6.73. The van der Waals surface area contributed by atoms with Crippen LogP contribution in [0, 0.1) is 5.82 Å². The molecule has 0 radical (unpaired) electrons. The number of fused-ring (bicyclic) bond motifs is 1. The summed E-state index contributed by atoms with van der Waals surface area (Å²) < 4.78 is 24.2. The summed E-state index contributed by atoms with van der Waals surface area (Å²) in [6.07, 6.45) is 2.69. The fraction of sp³-hybridized carbons (Fsp3) is 0.227. The summed E-state index contributed by atoms with van der Waals surface area (Å²) in [5.74, 6) is -0.108. The molecular formula is C22H19FN2O4. The number of aromatic nitrogens is 1. The Kier molecular flexibility index (Phi) is 5.12. The first-order valence-corrected chi connectivity index (χ1v) is 9.28. The number of hydrogen-bond donors (Lipinski definition) is 0. The predicted molar refractivity (Wildman–Crippen MR) is 104 cm³/mol. The Morgan fingerprint density at radius 2 is 2.07 bits per heavy atom. The van der Waals surface area contributed by atoms with E-state index in [-0.39, 0.29) is 18.1 Å². The normalized spacial score (nSPS) is 12.7. The van der Waals surface area contributed by atoms with Gasteiger partial charge in [-0.05, 0) is 42.3 Å². The van der Waals surface area contributed by atoms with Crippen molar-refractivity contribution in [1.29, 1.82) is 0 Å². The van der Waals surface area contributed by atoms with Gasteiger partial charge in [0, 0.05) is 25.1 Å². The number of amides is 1. The molecule has 0 saturated carbocycles. The first-order valence-electron chi connectivity index (χ1n) is 9.28. The third-order valence-corrected chi connectivity index (χ3v) is 4.94. The van der Waals surface area contributed by atoms with E-state index in [1.165, 1.54) is 19.4 Å². The van der Waals surface area contributed by atoms with Crippen molar-refractivity contribution in [2.75, 3.05) is 18.6 Å². The first kappa shape index (κ1) is 18.9. The van der Waals surface area contributed by atoms with Crippen molar-refractivity contribution in [2.24, 2.45) is 0 Å². The molecule has 0 atom stereocenters. The van der Waals surface area contributed by atoms with Crippen molar-refractivity contribution in [3.05, 3.63) is 71.5 Å². The van der Waals surface area contributed by atoms with Crippen LogP contribution >= 0.6 is 0 Å². The highest BCUT2D eigenvalue weighted by Gasteiger charge is 2.26. The fourth-order valence-corrected chi connectivity index (χ4v) is 3.47. The summed E-state index contributed by atoms with van der Waals surface area (Å²) in [5, 5.41) is 0.